The molecular weight excluding hydrogens is 468 g/mol. The maximum absolute atomic E-state index is 12.7. The molecule has 1 aliphatic rings. The predicted molar refractivity (Wildman–Crippen MR) is 145 cm³/mol. The van der Waals surface area contributed by atoms with E-state index in [0.717, 1.165) is 66.4 Å². The summed E-state index contributed by atoms with van der Waals surface area (Å²) in [6.07, 6.45) is 3.34. The molecule has 192 valence electrons. The molecule has 1 saturated heterocycles. The molecule has 0 radical (unpaired) electrons. The monoisotopic (exact) mass is 500 g/mol. The summed E-state index contributed by atoms with van der Waals surface area (Å²) < 4.78 is 17.7. The number of pyridine rings is 1. The molecule has 1 aliphatic heterocycles. The van der Waals surface area contributed by atoms with Crippen molar-refractivity contribution in [3.8, 4) is 28.2 Å². The van der Waals surface area contributed by atoms with Crippen LogP contribution in [0.5, 0.6) is 5.75 Å². The minimum Gasteiger partial charge on any atom is -0.492 e. The summed E-state index contributed by atoms with van der Waals surface area (Å²) in [5.74, 6) is 1.25. The van der Waals surface area contributed by atoms with Crippen molar-refractivity contribution in [2.24, 2.45) is 0 Å². The van der Waals surface area contributed by atoms with Gasteiger partial charge in [0.05, 0.1) is 25.0 Å². The first-order valence-corrected chi connectivity index (χ1v) is 12.5. The average Bonchev–Trinajstić information content (AvgIpc) is 3.32. The summed E-state index contributed by atoms with van der Waals surface area (Å²) >= 11 is 0. The van der Waals surface area contributed by atoms with Crippen LogP contribution in [0.1, 0.15) is 16.7 Å². The van der Waals surface area contributed by atoms with Crippen LogP contribution in [0.2, 0.25) is 0 Å². The van der Waals surface area contributed by atoms with Crippen molar-refractivity contribution < 1.29 is 13.9 Å². The van der Waals surface area contributed by atoms with Crippen molar-refractivity contribution >= 4 is 11.7 Å². The van der Waals surface area contributed by atoms with Gasteiger partial charge >= 0.3 is 0 Å². The van der Waals surface area contributed by atoms with Crippen molar-refractivity contribution in [3.63, 3.8) is 0 Å². The Morgan fingerprint density at radius 3 is 2.54 bits per heavy atom. The number of aromatic amines is 1. The Kier molecular flexibility index (Phi) is 7.39. The topological polar surface area (TPSA) is 92.6 Å². The van der Waals surface area contributed by atoms with Gasteiger partial charge in [0.1, 0.15) is 12.4 Å². The van der Waals surface area contributed by atoms with Gasteiger partial charge in [-0.05, 0) is 79.4 Å². The number of benzene rings is 2. The Hall–Kier alpha value is -3.88. The quantitative estimate of drug-likeness (QED) is 0.349. The van der Waals surface area contributed by atoms with Gasteiger partial charge in [0, 0.05) is 37.1 Å². The number of nitrogens with zero attached hydrogens (tertiary/aromatic N) is 2. The lowest BCUT2D eigenvalue weighted by Crippen LogP contribution is -2.38. The van der Waals surface area contributed by atoms with Crippen LogP contribution >= 0.6 is 0 Å². The molecule has 0 bridgehead atoms. The van der Waals surface area contributed by atoms with Gasteiger partial charge in [-0.2, -0.15) is 0 Å². The lowest BCUT2D eigenvalue weighted by atomic mass is 9.99. The standard InChI is InChI=1S/C29H32N4O4/c1-19-12-20(2)14-24(13-19)32-29-31-18-26(37-29)22-15-23(27-21(3)4-5-30-28(27)34)17-25(16-22)36-11-8-33-6-9-35-10-7-33/h4-5,12-18H,6-11H2,1-3H3,(H,30,34)(H,31,32). The Morgan fingerprint density at radius 1 is 1.03 bits per heavy atom. The smallest absolute Gasteiger partial charge is 0.299 e. The maximum Gasteiger partial charge on any atom is 0.299 e. The minimum atomic E-state index is -0.147. The molecule has 3 heterocycles. The van der Waals surface area contributed by atoms with Crippen LogP contribution in [0.3, 0.4) is 0 Å². The summed E-state index contributed by atoms with van der Waals surface area (Å²) in [7, 11) is 0. The van der Waals surface area contributed by atoms with Gasteiger partial charge in [-0.25, -0.2) is 4.98 Å². The Balaban J connectivity index is 1.43. The molecule has 0 amide bonds. The molecule has 2 aromatic carbocycles. The molecule has 1 fully saturated rings. The molecule has 8 nitrogen and oxygen atoms in total. The molecule has 2 aromatic heterocycles. The first-order valence-electron chi connectivity index (χ1n) is 12.5. The lowest BCUT2D eigenvalue weighted by molar-refractivity contribution is 0.0322. The molecule has 0 unspecified atom stereocenters. The van der Waals surface area contributed by atoms with Crippen LogP contribution in [-0.2, 0) is 4.74 Å². The number of nitrogens with one attached hydrogen (secondary N) is 2. The van der Waals surface area contributed by atoms with Crippen LogP contribution in [0.15, 0.2) is 64.1 Å². The third kappa shape index (κ3) is 6.10. The van der Waals surface area contributed by atoms with Crippen LogP contribution in [-0.4, -0.2) is 54.3 Å². The van der Waals surface area contributed by atoms with Crippen LogP contribution in [0.4, 0.5) is 11.7 Å². The number of H-pyrrole nitrogens is 1. The number of aromatic nitrogens is 2. The third-order valence-electron chi connectivity index (χ3n) is 6.41. The number of hydrogen-bond donors (Lipinski definition) is 2. The number of rotatable bonds is 8. The number of oxazole rings is 1. The highest BCUT2D eigenvalue weighted by molar-refractivity contribution is 5.74. The first-order chi connectivity index (χ1) is 17.9. The van der Waals surface area contributed by atoms with E-state index in [2.05, 4.69) is 40.1 Å². The molecular formula is C29H32N4O4. The molecule has 37 heavy (non-hydrogen) atoms. The van der Waals surface area contributed by atoms with E-state index in [1.807, 2.05) is 43.3 Å². The summed E-state index contributed by atoms with van der Waals surface area (Å²) in [5.41, 5.74) is 6.12. The Morgan fingerprint density at radius 2 is 1.78 bits per heavy atom. The minimum absolute atomic E-state index is 0.147. The van der Waals surface area contributed by atoms with E-state index in [4.69, 9.17) is 13.9 Å². The summed E-state index contributed by atoms with van der Waals surface area (Å²) in [4.78, 5) is 22.3. The molecule has 0 aliphatic carbocycles. The van der Waals surface area contributed by atoms with E-state index < -0.39 is 0 Å². The van der Waals surface area contributed by atoms with Crippen LogP contribution in [0, 0.1) is 20.8 Å². The fourth-order valence-electron chi connectivity index (χ4n) is 4.66. The Labute approximate surface area is 216 Å². The normalized spacial score (nSPS) is 14.0. The zero-order chi connectivity index (χ0) is 25.8. The summed E-state index contributed by atoms with van der Waals surface area (Å²) in [6, 6.07) is 14.3. The van der Waals surface area contributed by atoms with Crippen molar-refractivity contribution in [2.45, 2.75) is 20.8 Å². The molecule has 4 aromatic rings. The average molecular weight is 501 g/mol. The molecule has 8 heteroatoms. The largest absolute Gasteiger partial charge is 0.492 e. The number of hydrogen-bond acceptors (Lipinski definition) is 7. The number of morpholine rings is 1. The third-order valence-corrected chi connectivity index (χ3v) is 6.41. The van der Waals surface area contributed by atoms with Crippen LogP contribution < -0.4 is 15.6 Å². The predicted octanol–water partition coefficient (Wildman–Crippen LogP) is 5.08. The lowest BCUT2D eigenvalue weighted by Gasteiger charge is -2.26. The van der Waals surface area contributed by atoms with E-state index in [1.165, 1.54) is 0 Å². The fourth-order valence-corrected chi connectivity index (χ4v) is 4.66. The second-order valence-electron chi connectivity index (χ2n) is 9.44. The van der Waals surface area contributed by atoms with Gasteiger partial charge in [0.15, 0.2) is 5.76 Å². The zero-order valence-corrected chi connectivity index (χ0v) is 21.5. The number of anilines is 2. The fraction of sp³-hybridized carbons (Fsp3) is 0.310. The van der Waals surface area contributed by atoms with Crippen molar-refractivity contribution in [2.75, 3.05) is 44.8 Å². The van der Waals surface area contributed by atoms with E-state index in [-0.39, 0.29) is 5.56 Å². The van der Waals surface area contributed by atoms with Crippen LogP contribution in [0.25, 0.3) is 22.5 Å². The van der Waals surface area contributed by atoms with Crippen molar-refractivity contribution in [1.29, 1.82) is 0 Å². The van der Waals surface area contributed by atoms with Crippen molar-refractivity contribution in [3.05, 3.63) is 81.9 Å². The summed E-state index contributed by atoms with van der Waals surface area (Å²) in [6.45, 7) is 10.7. The number of ether oxygens (including phenoxy) is 2. The van der Waals surface area contributed by atoms with Gasteiger partial charge in [-0.15, -0.1) is 0 Å². The number of aryl methyl sites for hydroxylation is 3. The molecule has 0 saturated carbocycles. The van der Waals surface area contributed by atoms with E-state index >= 15 is 0 Å². The first kappa shape index (κ1) is 24.8. The maximum atomic E-state index is 12.7. The van der Waals surface area contributed by atoms with E-state index in [1.54, 1.807) is 12.4 Å². The highest BCUT2D eigenvalue weighted by Crippen LogP contribution is 2.33. The summed E-state index contributed by atoms with van der Waals surface area (Å²) in [5, 5.41) is 3.25. The SMILES string of the molecule is Cc1cc(C)cc(Nc2ncc(-c3cc(OCCN4CCOCC4)cc(-c4c(C)cc[nH]c4=O)c3)o2)c1. The Bertz CT molecular complexity index is 1420. The molecule has 5 rings (SSSR count). The van der Waals surface area contributed by atoms with Gasteiger partial charge in [-0.1, -0.05) is 6.07 Å². The second kappa shape index (κ2) is 11.0. The second-order valence-corrected chi connectivity index (χ2v) is 9.44. The van der Waals surface area contributed by atoms with Gasteiger partial charge in [-0.3, -0.25) is 9.69 Å². The van der Waals surface area contributed by atoms with E-state index in [0.29, 0.717) is 29.7 Å². The molecule has 2 N–H and O–H groups in total. The van der Waals surface area contributed by atoms with Gasteiger partial charge in [0.2, 0.25) is 0 Å². The van der Waals surface area contributed by atoms with Gasteiger partial charge < -0.3 is 24.2 Å². The van der Waals surface area contributed by atoms with Gasteiger partial charge in [0.25, 0.3) is 11.6 Å². The molecule has 0 spiro atoms. The van der Waals surface area contributed by atoms with Crippen molar-refractivity contribution in [1.82, 2.24) is 14.9 Å². The highest BCUT2D eigenvalue weighted by atomic mass is 16.5. The highest BCUT2D eigenvalue weighted by Gasteiger charge is 2.15. The van der Waals surface area contributed by atoms with E-state index in [9.17, 15) is 4.79 Å². The molecule has 0 atom stereocenters. The zero-order valence-electron chi connectivity index (χ0n) is 21.5.